The molecule has 12 N–H and O–H groups in total. The van der Waals surface area contributed by atoms with E-state index in [9.17, 15) is 38.4 Å². The Balaban J connectivity index is 4.52. The molecule has 44 heavy (non-hydrogen) atoms. The fourth-order valence-electron chi connectivity index (χ4n) is 3.22. The zero-order valence-electron chi connectivity index (χ0n) is 23.8. The van der Waals surface area contributed by atoms with Gasteiger partial charge in [-0.15, -0.1) is 0 Å². The molecule has 0 aromatic heterocycles. The van der Waals surface area contributed by atoms with Crippen LogP contribution in [-0.4, -0.2) is 117 Å². The van der Waals surface area contributed by atoms with Gasteiger partial charge in [-0.2, -0.15) is 0 Å². The molecule has 4 atom stereocenters. The third kappa shape index (κ3) is 20.3. The number of carbonyl (C=O) groups excluding carboxylic acids is 4. The van der Waals surface area contributed by atoms with Crippen LogP contribution in [0.1, 0.15) is 51.4 Å². The highest BCUT2D eigenvalue weighted by atomic mass is 33.1. The first-order valence-corrected chi connectivity index (χ1v) is 15.9. The summed E-state index contributed by atoms with van der Waals surface area (Å²) >= 11 is 0. The Hall–Kier alpha value is -3.62. The minimum Gasteiger partial charge on any atom is -0.481 e. The second-order valence-corrected chi connectivity index (χ2v) is 12.0. The maximum absolute atomic E-state index is 12.5. The number of nitrogens with two attached hydrogens (primary N) is 2. The molecule has 0 fully saturated rings. The Morgan fingerprint density at radius 1 is 0.545 bits per heavy atom. The van der Waals surface area contributed by atoms with Crippen molar-refractivity contribution in [2.24, 2.45) is 11.5 Å². The molecule has 0 saturated carbocycles. The zero-order chi connectivity index (χ0) is 33.7. The van der Waals surface area contributed by atoms with Crippen LogP contribution in [-0.2, 0) is 38.4 Å². The molecule has 0 bridgehead atoms. The zero-order valence-corrected chi connectivity index (χ0v) is 25.5. The van der Waals surface area contributed by atoms with Gasteiger partial charge >= 0.3 is 23.9 Å². The average Bonchev–Trinajstić information content (AvgIpc) is 2.95. The normalized spacial score (nSPS) is 13.4. The number of rotatable bonds is 25. The quantitative estimate of drug-likeness (QED) is 0.0360. The topological polar surface area (TPSA) is 318 Å². The Morgan fingerprint density at radius 3 is 1.18 bits per heavy atom. The molecule has 0 spiro atoms. The Labute approximate surface area is 260 Å². The lowest BCUT2D eigenvalue weighted by atomic mass is 10.1. The van der Waals surface area contributed by atoms with Gasteiger partial charge in [0.1, 0.15) is 24.2 Å². The lowest BCUT2D eigenvalue weighted by molar-refractivity contribution is -0.140. The molecule has 0 aromatic rings. The molecule has 0 heterocycles. The third-order valence-electron chi connectivity index (χ3n) is 5.65. The van der Waals surface area contributed by atoms with E-state index in [1.54, 1.807) is 0 Å². The van der Waals surface area contributed by atoms with Crippen LogP contribution in [0.2, 0.25) is 0 Å². The number of amides is 4. The first-order valence-electron chi connectivity index (χ1n) is 13.4. The summed E-state index contributed by atoms with van der Waals surface area (Å²) in [6.07, 6.45) is -1.98. The van der Waals surface area contributed by atoms with E-state index in [1.807, 2.05) is 0 Å². The van der Waals surface area contributed by atoms with E-state index in [-0.39, 0.29) is 64.5 Å². The lowest BCUT2D eigenvalue weighted by Gasteiger charge is -2.18. The van der Waals surface area contributed by atoms with Crippen molar-refractivity contribution in [3.05, 3.63) is 0 Å². The van der Waals surface area contributed by atoms with Crippen LogP contribution in [0.15, 0.2) is 0 Å². The summed E-state index contributed by atoms with van der Waals surface area (Å²) in [5, 5.41) is 45.4. The van der Waals surface area contributed by atoms with Gasteiger partial charge in [0, 0.05) is 50.3 Å². The summed E-state index contributed by atoms with van der Waals surface area (Å²) in [6, 6.07) is -4.79. The minimum atomic E-state index is -1.28. The predicted octanol–water partition coefficient (Wildman–Crippen LogP) is -2.32. The summed E-state index contributed by atoms with van der Waals surface area (Å²) < 4.78 is 0. The molecule has 0 saturated heterocycles. The molecule has 0 rings (SSSR count). The maximum atomic E-state index is 12.5. The molecule has 0 aliphatic carbocycles. The standard InChI is InChI=1S/C24H40N6O12S2/c25-13(23(39)40)1-5-17(31)29-15(3-7-19(33)34)21(37)27-9-11-43-44-12-10-28-22(38)16(4-8-20(35)36)30-18(32)6-2-14(26)24(41)42/h13-16H,1-12,25-26H2,(H,27,37)(H,28,38)(H,29,31)(H,30,32)(H,33,34)(H,35,36)(H,39,40)(H,41,42). The molecular formula is C24H40N6O12S2. The molecule has 4 amide bonds. The number of aliphatic carboxylic acids is 4. The summed E-state index contributed by atoms with van der Waals surface area (Å²) in [5.74, 6) is -6.59. The van der Waals surface area contributed by atoms with Crippen LogP contribution in [0.3, 0.4) is 0 Å². The van der Waals surface area contributed by atoms with Crippen molar-refractivity contribution >= 4 is 69.1 Å². The van der Waals surface area contributed by atoms with Gasteiger partial charge in [-0.25, -0.2) is 0 Å². The van der Waals surface area contributed by atoms with Crippen LogP contribution < -0.4 is 32.7 Å². The van der Waals surface area contributed by atoms with E-state index >= 15 is 0 Å². The molecule has 250 valence electrons. The van der Waals surface area contributed by atoms with E-state index < -0.39 is 71.7 Å². The highest BCUT2D eigenvalue weighted by Crippen LogP contribution is 2.19. The Bertz CT molecular complexity index is 940. The molecule has 0 aliphatic rings. The van der Waals surface area contributed by atoms with E-state index in [2.05, 4.69) is 21.3 Å². The number of hydrogen-bond donors (Lipinski definition) is 10. The van der Waals surface area contributed by atoms with Gasteiger partial charge in [0.2, 0.25) is 23.6 Å². The Kier molecular flexibility index (Phi) is 21.0. The van der Waals surface area contributed by atoms with Crippen LogP contribution >= 0.6 is 21.6 Å². The second-order valence-electron chi connectivity index (χ2n) is 9.30. The molecule has 0 aromatic carbocycles. The van der Waals surface area contributed by atoms with Crippen molar-refractivity contribution in [1.29, 1.82) is 0 Å². The number of carbonyl (C=O) groups is 8. The predicted molar refractivity (Wildman–Crippen MR) is 158 cm³/mol. The van der Waals surface area contributed by atoms with Crippen molar-refractivity contribution in [2.75, 3.05) is 24.6 Å². The van der Waals surface area contributed by atoms with Crippen molar-refractivity contribution < 1.29 is 58.8 Å². The maximum Gasteiger partial charge on any atom is 0.320 e. The second kappa shape index (κ2) is 22.9. The highest BCUT2D eigenvalue weighted by Gasteiger charge is 2.24. The summed E-state index contributed by atoms with van der Waals surface area (Å²) in [5.41, 5.74) is 10.7. The van der Waals surface area contributed by atoms with Crippen LogP contribution in [0.5, 0.6) is 0 Å². The summed E-state index contributed by atoms with van der Waals surface area (Å²) in [6.45, 7) is 0.335. The number of carboxylic acids is 4. The van der Waals surface area contributed by atoms with E-state index in [0.29, 0.717) is 11.5 Å². The molecule has 0 radical (unpaired) electrons. The van der Waals surface area contributed by atoms with Crippen LogP contribution in [0.25, 0.3) is 0 Å². The van der Waals surface area contributed by atoms with Gasteiger partial charge in [0.15, 0.2) is 0 Å². The first kappa shape index (κ1) is 40.4. The highest BCUT2D eigenvalue weighted by molar-refractivity contribution is 8.76. The van der Waals surface area contributed by atoms with Gasteiger partial charge in [0.05, 0.1) is 0 Å². The van der Waals surface area contributed by atoms with Crippen molar-refractivity contribution in [2.45, 2.75) is 75.5 Å². The van der Waals surface area contributed by atoms with Gasteiger partial charge in [-0.05, 0) is 25.7 Å². The van der Waals surface area contributed by atoms with E-state index in [4.69, 9.17) is 31.9 Å². The van der Waals surface area contributed by atoms with E-state index in [0.717, 1.165) is 0 Å². The molecule has 4 unspecified atom stereocenters. The monoisotopic (exact) mass is 668 g/mol. The van der Waals surface area contributed by atoms with Crippen molar-refractivity contribution in [3.63, 3.8) is 0 Å². The molecule has 0 aliphatic heterocycles. The minimum absolute atomic E-state index is 0.163. The fraction of sp³-hybridized carbons (Fsp3) is 0.667. The van der Waals surface area contributed by atoms with Crippen molar-refractivity contribution in [1.82, 2.24) is 21.3 Å². The van der Waals surface area contributed by atoms with Crippen molar-refractivity contribution in [3.8, 4) is 0 Å². The SMILES string of the molecule is NC(CCC(=O)NC(CCC(=O)O)C(=O)NCCSSCCNC(=O)C(CCC(=O)O)NC(=O)CCC(N)C(=O)O)C(=O)O. The summed E-state index contributed by atoms with van der Waals surface area (Å²) in [7, 11) is 2.68. The van der Waals surface area contributed by atoms with Crippen LogP contribution in [0, 0.1) is 0 Å². The molecular weight excluding hydrogens is 628 g/mol. The van der Waals surface area contributed by atoms with Crippen LogP contribution in [0.4, 0.5) is 0 Å². The van der Waals surface area contributed by atoms with Gasteiger partial charge in [0.25, 0.3) is 0 Å². The number of carboxylic acid groups (broad SMARTS) is 4. The largest absolute Gasteiger partial charge is 0.481 e. The van der Waals surface area contributed by atoms with E-state index in [1.165, 1.54) is 21.6 Å². The fourth-order valence-corrected chi connectivity index (χ4v) is 5.04. The van der Waals surface area contributed by atoms with Gasteiger partial charge in [-0.1, -0.05) is 21.6 Å². The smallest absolute Gasteiger partial charge is 0.320 e. The number of nitrogens with one attached hydrogen (secondary N) is 4. The summed E-state index contributed by atoms with van der Waals surface area (Å²) in [4.78, 5) is 92.6. The third-order valence-corrected chi connectivity index (χ3v) is 8.06. The Morgan fingerprint density at radius 2 is 0.886 bits per heavy atom. The molecule has 20 heteroatoms. The molecule has 18 nitrogen and oxygen atoms in total. The average molecular weight is 669 g/mol. The lowest BCUT2D eigenvalue weighted by Crippen LogP contribution is -2.47. The van der Waals surface area contributed by atoms with Gasteiger partial charge < -0.3 is 53.2 Å². The first-order chi connectivity index (χ1) is 20.6. The van der Waals surface area contributed by atoms with Gasteiger partial charge in [-0.3, -0.25) is 38.4 Å². The number of hydrogen-bond acceptors (Lipinski definition) is 12.